The van der Waals surface area contributed by atoms with Crippen LogP contribution in [0, 0.1) is 5.92 Å². The number of hydrogen-bond acceptors (Lipinski definition) is 7. The normalized spacial score (nSPS) is 19.5. The van der Waals surface area contributed by atoms with Gasteiger partial charge in [-0.2, -0.15) is 13.2 Å². The largest absolute Gasteiger partial charge is 0.484 e. The van der Waals surface area contributed by atoms with E-state index in [-0.39, 0.29) is 16.5 Å². The zero-order valence-corrected chi connectivity index (χ0v) is 25.1. The summed E-state index contributed by atoms with van der Waals surface area (Å²) in [5.74, 6) is -3.60. The van der Waals surface area contributed by atoms with Crippen LogP contribution in [0.2, 0.25) is 10.0 Å². The summed E-state index contributed by atoms with van der Waals surface area (Å²) in [5.41, 5.74) is -0.674. The van der Waals surface area contributed by atoms with Gasteiger partial charge in [-0.05, 0) is 48.0 Å². The number of hydrogen-bond donors (Lipinski definition) is 2. The number of amides is 3. The highest BCUT2D eigenvalue weighted by atomic mass is 35.5. The fourth-order valence-electron chi connectivity index (χ4n) is 5.21. The van der Waals surface area contributed by atoms with E-state index in [1.807, 2.05) is 0 Å². The van der Waals surface area contributed by atoms with Crippen molar-refractivity contribution in [1.29, 1.82) is 0 Å². The lowest BCUT2D eigenvalue weighted by Gasteiger charge is -2.29. The van der Waals surface area contributed by atoms with Crippen molar-refractivity contribution in [2.24, 2.45) is 5.92 Å². The minimum atomic E-state index is -4.80. The van der Waals surface area contributed by atoms with Crippen molar-refractivity contribution in [3.05, 3.63) is 102 Å². The van der Waals surface area contributed by atoms with Gasteiger partial charge in [-0.25, -0.2) is 4.90 Å². The molecule has 6 rings (SSSR count). The molecule has 2 aliphatic rings. The molecule has 44 heavy (non-hydrogen) atoms. The molecule has 1 saturated heterocycles. The van der Waals surface area contributed by atoms with Crippen molar-refractivity contribution >= 4 is 75.4 Å². The van der Waals surface area contributed by atoms with Gasteiger partial charge in [0.15, 0.2) is 6.61 Å². The third kappa shape index (κ3) is 5.60. The SMILES string of the molecule is O=C(COc1ccc([C@@H]2c3sc(=O)[nH]c3S[C@H]3C(=O)N(c4ccccc4C(F)(F)F)C(=O)[C@@H]23)cc1)Nc1ccc(Cl)c(Cl)c1. The third-order valence-corrected chi connectivity index (χ3v) is 10.2. The van der Waals surface area contributed by atoms with E-state index in [0.717, 1.165) is 35.2 Å². The van der Waals surface area contributed by atoms with Crippen LogP contribution < -0.4 is 19.8 Å². The lowest BCUT2D eigenvalue weighted by Crippen LogP contribution is -2.33. The molecular formula is C29H18Cl2F3N3O5S2. The van der Waals surface area contributed by atoms with E-state index in [4.69, 9.17) is 27.9 Å². The number of benzene rings is 3. The number of aromatic amines is 1. The van der Waals surface area contributed by atoms with Gasteiger partial charge in [-0.1, -0.05) is 70.6 Å². The second-order valence-electron chi connectivity index (χ2n) is 9.81. The van der Waals surface area contributed by atoms with E-state index in [9.17, 15) is 32.3 Å². The molecule has 1 fully saturated rings. The Morgan fingerprint density at radius 2 is 1.70 bits per heavy atom. The number of para-hydroxylation sites is 1. The number of carbonyl (C=O) groups excluding carboxylic acids is 3. The zero-order valence-electron chi connectivity index (χ0n) is 22.0. The molecule has 3 heterocycles. The van der Waals surface area contributed by atoms with Gasteiger partial charge in [0.05, 0.1) is 32.2 Å². The highest BCUT2D eigenvalue weighted by Gasteiger charge is 2.57. The Kier molecular flexibility index (Phi) is 7.99. The number of halogens is 5. The van der Waals surface area contributed by atoms with Crippen molar-refractivity contribution < 1.29 is 32.3 Å². The van der Waals surface area contributed by atoms with Gasteiger partial charge in [0.1, 0.15) is 11.0 Å². The van der Waals surface area contributed by atoms with Crippen molar-refractivity contribution in [2.75, 3.05) is 16.8 Å². The Labute approximate surface area is 265 Å². The van der Waals surface area contributed by atoms with Crippen LogP contribution in [0.5, 0.6) is 5.75 Å². The first kappa shape index (κ1) is 30.3. The van der Waals surface area contributed by atoms with Crippen molar-refractivity contribution in [3.63, 3.8) is 0 Å². The van der Waals surface area contributed by atoms with Crippen LogP contribution in [-0.2, 0) is 20.6 Å². The summed E-state index contributed by atoms with van der Waals surface area (Å²) in [6.07, 6.45) is -4.80. The summed E-state index contributed by atoms with van der Waals surface area (Å²) in [4.78, 5) is 55.4. The number of nitrogens with zero attached hydrogens (tertiary/aromatic N) is 1. The number of aromatic nitrogens is 1. The van der Waals surface area contributed by atoms with Crippen LogP contribution in [0.4, 0.5) is 24.5 Å². The molecule has 0 radical (unpaired) electrons. The molecule has 8 nitrogen and oxygen atoms in total. The fraction of sp³-hybridized carbons (Fsp3) is 0.172. The van der Waals surface area contributed by atoms with Crippen molar-refractivity contribution in [2.45, 2.75) is 22.4 Å². The average Bonchev–Trinajstić information content (AvgIpc) is 3.47. The van der Waals surface area contributed by atoms with E-state index in [2.05, 4.69) is 10.3 Å². The summed E-state index contributed by atoms with van der Waals surface area (Å²) in [5, 5.41) is 2.57. The number of alkyl halides is 3. The third-order valence-electron chi connectivity index (χ3n) is 7.09. The standard InChI is InChI=1S/C29H18Cl2F3N3O5S2/c30-17-10-7-14(11-18(17)31)35-20(38)12-42-15-8-5-13(6-9-15)21-22-24(43-25-23(21)44-28(41)36-25)27(40)37(26(22)39)19-4-2-1-3-16(19)29(32,33)34/h1-11,21-22,24H,12H2,(H,35,38)(H,36,41)/t21-,22-,24+/m0/s1. The van der Waals surface area contributed by atoms with Crippen LogP contribution in [0.15, 0.2) is 76.6 Å². The number of ether oxygens (including phenoxy) is 1. The number of carbonyl (C=O) groups is 3. The molecular weight excluding hydrogens is 662 g/mol. The Morgan fingerprint density at radius 1 is 0.977 bits per heavy atom. The van der Waals surface area contributed by atoms with E-state index in [0.29, 0.717) is 36.8 Å². The summed E-state index contributed by atoms with van der Waals surface area (Å²) in [6, 6.07) is 15.4. The zero-order chi connectivity index (χ0) is 31.3. The first-order valence-corrected chi connectivity index (χ1v) is 15.3. The molecule has 3 aromatic carbocycles. The Balaban J connectivity index is 1.26. The lowest BCUT2D eigenvalue weighted by molar-refractivity contribution is -0.137. The van der Waals surface area contributed by atoms with E-state index >= 15 is 0 Å². The number of H-pyrrole nitrogens is 1. The molecule has 3 atom stereocenters. The molecule has 2 aliphatic heterocycles. The molecule has 1 aromatic heterocycles. The number of thiazole rings is 1. The van der Waals surface area contributed by atoms with Crippen molar-refractivity contribution in [3.8, 4) is 5.75 Å². The molecule has 4 aromatic rings. The maximum Gasteiger partial charge on any atom is 0.418 e. The van der Waals surface area contributed by atoms with Crippen LogP contribution in [-0.4, -0.2) is 34.6 Å². The van der Waals surface area contributed by atoms with Crippen LogP contribution >= 0.6 is 46.3 Å². The van der Waals surface area contributed by atoms with E-state index in [1.165, 1.54) is 24.3 Å². The molecule has 0 bridgehead atoms. The molecule has 2 N–H and O–H groups in total. The second-order valence-corrected chi connectivity index (χ2v) is 12.8. The van der Waals surface area contributed by atoms with Gasteiger partial charge >= 0.3 is 11.0 Å². The van der Waals surface area contributed by atoms with Crippen molar-refractivity contribution in [1.82, 2.24) is 4.98 Å². The van der Waals surface area contributed by atoms with Crippen LogP contribution in [0.3, 0.4) is 0 Å². The first-order valence-electron chi connectivity index (χ1n) is 12.8. The summed E-state index contributed by atoms with van der Waals surface area (Å²) >= 11 is 13.7. The van der Waals surface area contributed by atoms with Crippen LogP contribution in [0.25, 0.3) is 0 Å². The molecule has 0 aliphatic carbocycles. The van der Waals surface area contributed by atoms with Crippen LogP contribution in [0.1, 0.15) is 21.9 Å². The maximum atomic E-state index is 13.8. The number of anilines is 2. The predicted octanol–water partition coefficient (Wildman–Crippen LogP) is 6.58. The summed E-state index contributed by atoms with van der Waals surface area (Å²) in [6.45, 7) is -0.339. The molecule has 226 valence electrons. The number of fused-ring (bicyclic) bond motifs is 2. The summed E-state index contributed by atoms with van der Waals surface area (Å²) < 4.78 is 47.1. The molecule has 0 spiro atoms. The first-order chi connectivity index (χ1) is 20.9. The van der Waals surface area contributed by atoms with Gasteiger partial charge in [-0.15, -0.1) is 0 Å². The Bertz CT molecular complexity index is 1860. The van der Waals surface area contributed by atoms with E-state index < -0.39 is 52.2 Å². The van der Waals surface area contributed by atoms with Gasteiger partial charge in [0, 0.05) is 16.5 Å². The highest BCUT2D eigenvalue weighted by Crippen LogP contribution is 2.54. The lowest BCUT2D eigenvalue weighted by atomic mass is 9.83. The van der Waals surface area contributed by atoms with E-state index in [1.54, 1.807) is 30.3 Å². The number of rotatable bonds is 6. The maximum absolute atomic E-state index is 13.8. The molecule has 3 amide bonds. The fourth-order valence-corrected chi connectivity index (χ4v) is 8.03. The second kappa shape index (κ2) is 11.6. The average molecular weight is 681 g/mol. The minimum Gasteiger partial charge on any atom is -0.484 e. The topological polar surface area (TPSA) is 109 Å². The summed E-state index contributed by atoms with van der Waals surface area (Å²) in [7, 11) is 0. The quantitative estimate of drug-likeness (QED) is 0.223. The monoisotopic (exact) mass is 679 g/mol. The minimum absolute atomic E-state index is 0.273. The Morgan fingerprint density at radius 3 is 2.41 bits per heavy atom. The predicted molar refractivity (Wildman–Crippen MR) is 161 cm³/mol. The highest BCUT2D eigenvalue weighted by molar-refractivity contribution is 8.00. The van der Waals surface area contributed by atoms with Gasteiger partial charge < -0.3 is 15.0 Å². The molecule has 15 heteroatoms. The smallest absolute Gasteiger partial charge is 0.418 e. The van der Waals surface area contributed by atoms with Gasteiger partial charge in [-0.3, -0.25) is 19.2 Å². The Hall–Kier alpha value is -3.78. The molecule has 0 unspecified atom stereocenters. The van der Waals surface area contributed by atoms with Gasteiger partial charge in [0.2, 0.25) is 11.8 Å². The van der Waals surface area contributed by atoms with Gasteiger partial charge in [0.25, 0.3) is 5.91 Å². The number of nitrogens with one attached hydrogen (secondary N) is 2. The molecule has 0 saturated carbocycles. The number of imide groups is 1. The number of thioether (sulfide) groups is 1.